The van der Waals surface area contributed by atoms with Gasteiger partial charge in [0.15, 0.2) is 0 Å². The Kier molecular flexibility index (Phi) is 4.81. The highest BCUT2D eigenvalue weighted by Gasteiger charge is 2.51. The zero-order chi connectivity index (χ0) is 16.7. The summed E-state index contributed by atoms with van der Waals surface area (Å²) in [5, 5.41) is 0.808. The first-order valence-corrected chi connectivity index (χ1v) is 9.03. The minimum Gasteiger partial charge on any atom is -0.399 e. The van der Waals surface area contributed by atoms with Crippen molar-refractivity contribution in [2.24, 2.45) is 0 Å². The molecule has 2 aliphatic heterocycles. The summed E-state index contributed by atoms with van der Waals surface area (Å²) in [6, 6.07) is 6.22. The Labute approximate surface area is 145 Å². The molecule has 0 saturated carbocycles. The number of halogens is 1. The van der Waals surface area contributed by atoms with Crippen molar-refractivity contribution in [2.45, 2.75) is 64.7 Å². The van der Waals surface area contributed by atoms with E-state index < -0.39 is 0 Å². The molecule has 3 rings (SSSR count). The van der Waals surface area contributed by atoms with Gasteiger partial charge in [-0.2, -0.15) is 0 Å². The molecule has 126 valence electrons. The second kappa shape index (κ2) is 6.40. The molecule has 0 bridgehead atoms. The van der Waals surface area contributed by atoms with Gasteiger partial charge in [0.05, 0.1) is 11.2 Å². The summed E-state index contributed by atoms with van der Waals surface area (Å²) in [5.74, 6) is 0. The molecule has 0 radical (unpaired) electrons. The van der Waals surface area contributed by atoms with Crippen molar-refractivity contribution in [1.82, 2.24) is 4.90 Å². The fraction of sp³-hybridized carbons (Fsp3) is 0.667. The fourth-order valence-electron chi connectivity index (χ4n) is 3.18. The summed E-state index contributed by atoms with van der Waals surface area (Å²) >= 11 is 6.53. The molecule has 2 heterocycles. The van der Waals surface area contributed by atoms with Gasteiger partial charge in [0, 0.05) is 11.6 Å². The molecule has 2 saturated heterocycles. The second-order valence-electron chi connectivity index (χ2n) is 7.78. The van der Waals surface area contributed by atoms with Gasteiger partial charge in [0.2, 0.25) is 0 Å². The molecule has 1 aromatic carbocycles. The molecule has 0 aromatic heterocycles. The first-order chi connectivity index (χ1) is 10.8. The van der Waals surface area contributed by atoms with E-state index in [0.29, 0.717) is 0 Å². The lowest BCUT2D eigenvalue weighted by Gasteiger charge is -2.32. The van der Waals surface area contributed by atoms with Crippen LogP contribution in [0.2, 0.25) is 5.02 Å². The zero-order valence-corrected chi connectivity index (χ0v) is 15.4. The topological polar surface area (TPSA) is 21.7 Å². The summed E-state index contributed by atoms with van der Waals surface area (Å²) < 4.78 is 12.2. The van der Waals surface area contributed by atoms with E-state index in [1.165, 1.54) is 37.9 Å². The highest BCUT2D eigenvalue weighted by atomic mass is 35.5. The molecule has 5 heteroatoms. The Morgan fingerprint density at radius 3 is 2.22 bits per heavy atom. The average Bonchev–Trinajstić information content (AvgIpc) is 2.71. The number of benzene rings is 1. The monoisotopic (exact) mass is 335 g/mol. The smallest absolute Gasteiger partial charge is 0.399 e. The molecular formula is C18H27BClNO2. The SMILES string of the molecule is CC1(C)OB(c2ccc(CN3CCCCC3)c(Cl)c2)OC1(C)C. The van der Waals surface area contributed by atoms with Crippen LogP contribution in [0.15, 0.2) is 18.2 Å². The van der Waals surface area contributed by atoms with Crippen LogP contribution >= 0.6 is 11.6 Å². The molecule has 0 atom stereocenters. The maximum Gasteiger partial charge on any atom is 0.494 e. The van der Waals surface area contributed by atoms with Crippen molar-refractivity contribution >= 4 is 24.2 Å². The summed E-state index contributed by atoms with van der Waals surface area (Å²) in [7, 11) is -0.346. The molecule has 23 heavy (non-hydrogen) atoms. The predicted molar refractivity (Wildman–Crippen MR) is 96.3 cm³/mol. The van der Waals surface area contributed by atoms with Crippen molar-refractivity contribution < 1.29 is 9.31 Å². The molecule has 0 spiro atoms. The van der Waals surface area contributed by atoms with E-state index in [2.05, 4.69) is 44.7 Å². The average molecular weight is 336 g/mol. The summed E-state index contributed by atoms with van der Waals surface area (Å²) in [6.45, 7) is 11.6. The standard InChI is InChI=1S/C18H27BClNO2/c1-17(2)18(3,4)23-19(22-17)15-9-8-14(16(20)12-15)13-21-10-6-5-7-11-21/h8-9,12H,5-7,10-11,13H2,1-4H3. The third kappa shape index (κ3) is 3.61. The first kappa shape index (κ1) is 17.3. The van der Waals surface area contributed by atoms with Gasteiger partial charge in [-0.05, 0) is 70.7 Å². The Balaban J connectivity index is 1.72. The number of hydrogen-bond acceptors (Lipinski definition) is 3. The van der Waals surface area contributed by atoms with Gasteiger partial charge in [-0.25, -0.2) is 0 Å². The Hall–Kier alpha value is -0.545. The van der Waals surface area contributed by atoms with E-state index in [9.17, 15) is 0 Å². The Morgan fingerprint density at radius 1 is 1.04 bits per heavy atom. The third-order valence-corrected chi connectivity index (χ3v) is 5.80. The normalized spacial score (nSPS) is 24.1. The Morgan fingerprint density at radius 2 is 1.65 bits per heavy atom. The van der Waals surface area contributed by atoms with E-state index in [-0.39, 0.29) is 18.3 Å². The van der Waals surface area contributed by atoms with Gasteiger partial charge in [-0.1, -0.05) is 30.2 Å². The van der Waals surface area contributed by atoms with E-state index in [4.69, 9.17) is 20.9 Å². The Bertz CT molecular complexity index is 554. The van der Waals surface area contributed by atoms with E-state index >= 15 is 0 Å². The van der Waals surface area contributed by atoms with Crippen LogP contribution in [-0.4, -0.2) is 36.3 Å². The largest absolute Gasteiger partial charge is 0.494 e. The van der Waals surface area contributed by atoms with Crippen LogP contribution in [0.25, 0.3) is 0 Å². The number of likely N-dealkylation sites (tertiary alicyclic amines) is 1. The molecule has 2 aliphatic rings. The van der Waals surface area contributed by atoms with E-state index in [0.717, 1.165) is 17.0 Å². The van der Waals surface area contributed by atoms with Gasteiger partial charge in [0.1, 0.15) is 0 Å². The van der Waals surface area contributed by atoms with Crippen molar-refractivity contribution in [3.8, 4) is 0 Å². The van der Waals surface area contributed by atoms with E-state index in [1.807, 2.05) is 6.07 Å². The van der Waals surface area contributed by atoms with Gasteiger partial charge in [0.25, 0.3) is 0 Å². The third-order valence-electron chi connectivity index (χ3n) is 5.45. The number of nitrogens with zero attached hydrogens (tertiary/aromatic N) is 1. The maximum absolute atomic E-state index is 6.53. The van der Waals surface area contributed by atoms with Crippen LogP contribution in [0.3, 0.4) is 0 Å². The lowest BCUT2D eigenvalue weighted by molar-refractivity contribution is 0.00578. The molecule has 2 fully saturated rings. The quantitative estimate of drug-likeness (QED) is 0.787. The molecule has 0 aliphatic carbocycles. The van der Waals surface area contributed by atoms with Gasteiger partial charge >= 0.3 is 7.12 Å². The first-order valence-electron chi connectivity index (χ1n) is 8.65. The van der Waals surface area contributed by atoms with E-state index in [1.54, 1.807) is 0 Å². The van der Waals surface area contributed by atoms with Crippen molar-refractivity contribution in [2.75, 3.05) is 13.1 Å². The summed E-state index contributed by atoms with van der Waals surface area (Å²) in [4.78, 5) is 2.49. The van der Waals surface area contributed by atoms with Crippen LogP contribution in [0.4, 0.5) is 0 Å². The van der Waals surface area contributed by atoms with Crippen molar-refractivity contribution in [3.63, 3.8) is 0 Å². The van der Waals surface area contributed by atoms with Gasteiger partial charge in [-0.15, -0.1) is 0 Å². The predicted octanol–water partition coefficient (Wildman–Crippen LogP) is 3.63. The highest BCUT2D eigenvalue weighted by Crippen LogP contribution is 2.36. The second-order valence-corrected chi connectivity index (χ2v) is 8.18. The van der Waals surface area contributed by atoms with Crippen LogP contribution in [-0.2, 0) is 15.9 Å². The van der Waals surface area contributed by atoms with Crippen LogP contribution in [0.1, 0.15) is 52.5 Å². The fourth-order valence-corrected chi connectivity index (χ4v) is 3.42. The summed E-state index contributed by atoms with van der Waals surface area (Å²) in [5.41, 5.74) is 1.54. The van der Waals surface area contributed by atoms with Crippen molar-refractivity contribution in [1.29, 1.82) is 0 Å². The molecule has 3 nitrogen and oxygen atoms in total. The minimum absolute atomic E-state index is 0.323. The van der Waals surface area contributed by atoms with Crippen LogP contribution < -0.4 is 5.46 Å². The number of rotatable bonds is 3. The summed E-state index contributed by atoms with van der Waals surface area (Å²) in [6.07, 6.45) is 3.94. The van der Waals surface area contributed by atoms with Crippen LogP contribution in [0, 0.1) is 0 Å². The minimum atomic E-state index is -0.346. The molecular weight excluding hydrogens is 308 g/mol. The number of piperidine rings is 1. The molecule has 0 amide bonds. The lowest BCUT2D eigenvalue weighted by atomic mass is 9.79. The van der Waals surface area contributed by atoms with Crippen molar-refractivity contribution in [3.05, 3.63) is 28.8 Å². The number of hydrogen-bond donors (Lipinski definition) is 0. The highest BCUT2D eigenvalue weighted by molar-refractivity contribution is 6.62. The molecule has 1 aromatic rings. The van der Waals surface area contributed by atoms with Gasteiger partial charge < -0.3 is 9.31 Å². The van der Waals surface area contributed by atoms with Crippen LogP contribution in [0.5, 0.6) is 0 Å². The van der Waals surface area contributed by atoms with Gasteiger partial charge in [-0.3, -0.25) is 4.90 Å². The molecule has 0 unspecified atom stereocenters. The lowest BCUT2D eigenvalue weighted by Crippen LogP contribution is -2.41. The molecule has 0 N–H and O–H groups in total. The maximum atomic E-state index is 6.53. The zero-order valence-electron chi connectivity index (χ0n) is 14.7.